The van der Waals surface area contributed by atoms with Gasteiger partial charge in [0.05, 0.1) is 0 Å². The fourth-order valence-electron chi connectivity index (χ4n) is 2.61. The van der Waals surface area contributed by atoms with Crippen LogP contribution in [-0.2, 0) is 0 Å². The van der Waals surface area contributed by atoms with E-state index in [1.165, 1.54) is 12.1 Å². The van der Waals surface area contributed by atoms with E-state index in [0.29, 0.717) is 11.1 Å². The smallest absolute Gasteiger partial charge is 0.164 e. The Hall–Kier alpha value is -2.49. The maximum atomic E-state index is 11.9. The molecule has 1 aliphatic rings. The lowest BCUT2D eigenvalue weighted by Crippen LogP contribution is -1.96. The van der Waals surface area contributed by atoms with Crippen molar-refractivity contribution in [3.63, 3.8) is 0 Å². The monoisotopic (exact) mass is 256 g/mol. The molecule has 0 bridgehead atoms. The van der Waals surface area contributed by atoms with E-state index in [0.717, 1.165) is 5.56 Å². The number of Topliss-reactive ketones (excluding diaryl/α,β-unsaturated/α-hetero) is 1. The zero-order valence-electron chi connectivity index (χ0n) is 10.00. The normalized spacial score (nSPS) is 17.5. The van der Waals surface area contributed by atoms with Gasteiger partial charge in [-0.2, -0.15) is 0 Å². The van der Waals surface area contributed by atoms with Crippen molar-refractivity contribution < 1.29 is 20.1 Å². The van der Waals surface area contributed by atoms with Crippen molar-refractivity contribution >= 4 is 5.78 Å². The van der Waals surface area contributed by atoms with E-state index in [1.807, 2.05) is 0 Å². The van der Waals surface area contributed by atoms with E-state index < -0.39 is 0 Å². The van der Waals surface area contributed by atoms with Crippen molar-refractivity contribution in [1.29, 1.82) is 0 Å². The molecule has 4 heteroatoms. The first kappa shape index (κ1) is 11.6. The highest BCUT2D eigenvalue weighted by atomic mass is 16.3. The molecule has 0 radical (unpaired) electrons. The van der Waals surface area contributed by atoms with Gasteiger partial charge in [0.2, 0.25) is 0 Å². The number of hydrogen-bond donors (Lipinski definition) is 3. The molecular weight excluding hydrogens is 244 g/mol. The molecule has 0 amide bonds. The lowest BCUT2D eigenvalue weighted by Gasteiger charge is -2.13. The highest BCUT2D eigenvalue weighted by molar-refractivity contribution is 6.03. The van der Waals surface area contributed by atoms with Gasteiger partial charge in [-0.15, -0.1) is 0 Å². The summed E-state index contributed by atoms with van der Waals surface area (Å²) in [5.41, 5.74) is 1.77. The molecule has 2 aromatic carbocycles. The molecule has 0 unspecified atom stereocenters. The van der Waals surface area contributed by atoms with Crippen molar-refractivity contribution in [1.82, 2.24) is 0 Å². The minimum Gasteiger partial charge on any atom is -0.508 e. The molecule has 1 atom stereocenters. The third-order valence-corrected chi connectivity index (χ3v) is 3.48. The van der Waals surface area contributed by atoms with Crippen molar-refractivity contribution in [3.05, 3.63) is 53.1 Å². The molecule has 4 nitrogen and oxygen atoms in total. The van der Waals surface area contributed by atoms with Crippen LogP contribution in [0.3, 0.4) is 0 Å². The average molecular weight is 256 g/mol. The number of carbonyl (C=O) groups is 1. The molecule has 0 fully saturated rings. The Bertz CT molecular complexity index is 659. The summed E-state index contributed by atoms with van der Waals surface area (Å²) in [5.74, 6) is -0.360. The standard InChI is InChI=1S/C15H12O4/c16-9-3-1-8(2-4-9)11-7-13(18)12-5-10(17)6-14(19)15(11)12/h1-6,11,16-17,19H,7H2/t11-/m1/s1. The Balaban J connectivity index is 2.14. The van der Waals surface area contributed by atoms with Crippen molar-refractivity contribution in [2.75, 3.05) is 0 Å². The number of rotatable bonds is 1. The first-order valence-corrected chi connectivity index (χ1v) is 5.94. The average Bonchev–Trinajstić information content (AvgIpc) is 2.68. The van der Waals surface area contributed by atoms with Gasteiger partial charge in [0, 0.05) is 29.5 Å². The molecule has 3 N–H and O–H groups in total. The second-order valence-corrected chi connectivity index (χ2v) is 4.70. The molecule has 0 saturated carbocycles. The predicted molar refractivity (Wildman–Crippen MR) is 68.7 cm³/mol. The number of phenols is 3. The molecule has 1 aliphatic carbocycles. The van der Waals surface area contributed by atoms with E-state index in [-0.39, 0.29) is 35.4 Å². The molecule has 0 heterocycles. The van der Waals surface area contributed by atoms with Crippen LogP contribution in [0.15, 0.2) is 36.4 Å². The Labute approximate surface area is 109 Å². The van der Waals surface area contributed by atoms with Crippen LogP contribution in [0.5, 0.6) is 17.2 Å². The predicted octanol–water partition coefficient (Wildman–Crippen LogP) is 2.52. The van der Waals surface area contributed by atoms with E-state index >= 15 is 0 Å². The maximum absolute atomic E-state index is 11.9. The van der Waals surface area contributed by atoms with Crippen molar-refractivity contribution in [2.24, 2.45) is 0 Å². The summed E-state index contributed by atoms with van der Waals surface area (Å²) < 4.78 is 0. The van der Waals surface area contributed by atoms with Gasteiger partial charge < -0.3 is 15.3 Å². The van der Waals surface area contributed by atoms with Gasteiger partial charge in [-0.25, -0.2) is 0 Å². The molecule has 2 aromatic rings. The number of benzene rings is 2. The SMILES string of the molecule is O=C1C[C@H](c2ccc(O)cc2)c2c(O)cc(O)cc21. The van der Waals surface area contributed by atoms with Crippen LogP contribution < -0.4 is 0 Å². The third-order valence-electron chi connectivity index (χ3n) is 3.48. The number of ketones is 1. The lowest BCUT2D eigenvalue weighted by molar-refractivity contribution is 0.0991. The maximum Gasteiger partial charge on any atom is 0.164 e. The van der Waals surface area contributed by atoms with Crippen LogP contribution in [0.25, 0.3) is 0 Å². The topological polar surface area (TPSA) is 77.8 Å². The number of aromatic hydroxyl groups is 3. The first-order valence-electron chi connectivity index (χ1n) is 5.94. The molecule has 96 valence electrons. The summed E-state index contributed by atoms with van der Waals surface area (Å²) in [5, 5.41) is 28.7. The minimum absolute atomic E-state index is 0.0704. The Morgan fingerprint density at radius 1 is 0.947 bits per heavy atom. The van der Waals surface area contributed by atoms with Gasteiger partial charge in [-0.3, -0.25) is 4.79 Å². The van der Waals surface area contributed by atoms with Crippen molar-refractivity contribution in [3.8, 4) is 17.2 Å². The molecule has 3 rings (SSSR count). The van der Waals surface area contributed by atoms with E-state index in [2.05, 4.69) is 0 Å². The Morgan fingerprint density at radius 3 is 2.32 bits per heavy atom. The molecule has 0 aliphatic heterocycles. The summed E-state index contributed by atoms with van der Waals surface area (Å²) in [7, 11) is 0. The van der Waals surface area contributed by atoms with Gasteiger partial charge in [-0.05, 0) is 23.8 Å². The third kappa shape index (κ3) is 1.81. The van der Waals surface area contributed by atoms with E-state index in [1.54, 1.807) is 24.3 Å². The second-order valence-electron chi connectivity index (χ2n) is 4.70. The summed E-state index contributed by atoms with van der Waals surface area (Å²) in [6.45, 7) is 0. The zero-order valence-corrected chi connectivity index (χ0v) is 10.00. The lowest BCUT2D eigenvalue weighted by atomic mass is 9.92. The van der Waals surface area contributed by atoms with Crippen LogP contribution >= 0.6 is 0 Å². The fourth-order valence-corrected chi connectivity index (χ4v) is 2.61. The molecule has 0 saturated heterocycles. The summed E-state index contributed by atoms with van der Waals surface area (Å²) in [6, 6.07) is 9.19. The van der Waals surface area contributed by atoms with Gasteiger partial charge in [-0.1, -0.05) is 12.1 Å². The highest BCUT2D eigenvalue weighted by Gasteiger charge is 2.33. The number of hydrogen-bond acceptors (Lipinski definition) is 4. The largest absolute Gasteiger partial charge is 0.508 e. The number of fused-ring (bicyclic) bond motifs is 1. The highest BCUT2D eigenvalue weighted by Crippen LogP contribution is 2.44. The summed E-state index contributed by atoms with van der Waals surface area (Å²) in [6.07, 6.45) is 0.261. The van der Waals surface area contributed by atoms with Gasteiger partial charge in [0.1, 0.15) is 17.2 Å². The molecule has 0 aromatic heterocycles. The van der Waals surface area contributed by atoms with Crippen LogP contribution in [0.2, 0.25) is 0 Å². The molecule has 19 heavy (non-hydrogen) atoms. The van der Waals surface area contributed by atoms with Crippen LogP contribution in [0.4, 0.5) is 0 Å². The van der Waals surface area contributed by atoms with Gasteiger partial charge in [0.15, 0.2) is 5.78 Å². The number of phenolic OH excluding ortho intramolecular Hbond substituents is 3. The van der Waals surface area contributed by atoms with Gasteiger partial charge >= 0.3 is 0 Å². The van der Waals surface area contributed by atoms with Crippen molar-refractivity contribution in [2.45, 2.75) is 12.3 Å². The molecular formula is C15H12O4. The van der Waals surface area contributed by atoms with Crippen LogP contribution in [0, 0.1) is 0 Å². The second kappa shape index (κ2) is 4.02. The molecule has 0 spiro atoms. The fraction of sp³-hybridized carbons (Fsp3) is 0.133. The first-order chi connectivity index (χ1) is 9.06. The quantitative estimate of drug-likeness (QED) is 0.732. The van der Waals surface area contributed by atoms with Crippen LogP contribution in [0.1, 0.15) is 33.8 Å². The Morgan fingerprint density at radius 2 is 1.63 bits per heavy atom. The summed E-state index contributed by atoms with van der Waals surface area (Å²) in [4.78, 5) is 11.9. The van der Waals surface area contributed by atoms with E-state index in [9.17, 15) is 20.1 Å². The van der Waals surface area contributed by atoms with Crippen LogP contribution in [-0.4, -0.2) is 21.1 Å². The minimum atomic E-state index is -0.233. The Kier molecular flexibility index (Phi) is 2.45. The zero-order chi connectivity index (χ0) is 13.6. The summed E-state index contributed by atoms with van der Waals surface area (Å²) >= 11 is 0. The van der Waals surface area contributed by atoms with E-state index in [4.69, 9.17) is 0 Å². The number of carbonyl (C=O) groups excluding carboxylic acids is 1. The van der Waals surface area contributed by atoms with Gasteiger partial charge in [0.25, 0.3) is 0 Å².